The van der Waals surface area contributed by atoms with Crippen LogP contribution in [0.1, 0.15) is 36.0 Å². The van der Waals surface area contributed by atoms with Crippen molar-refractivity contribution in [3.8, 4) is 5.75 Å². The molecule has 20 heavy (non-hydrogen) atoms. The average Bonchev–Trinajstić information content (AvgIpc) is 2.41. The van der Waals surface area contributed by atoms with Crippen molar-refractivity contribution in [2.45, 2.75) is 25.4 Å². The first kappa shape index (κ1) is 14.4. The number of aromatic hydroxyl groups is 1. The number of benzene rings is 2. The van der Waals surface area contributed by atoms with Crippen molar-refractivity contribution >= 4 is 0 Å². The lowest BCUT2D eigenvalue weighted by Crippen LogP contribution is -2.06. The highest BCUT2D eigenvalue weighted by atomic mass is 19.4. The lowest BCUT2D eigenvalue weighted by Gasteiger charge is -2.17. The van der Waals surface area contributed by atoms with Crippen molar-refractivity contribution < 1.29 is 18.3 Å². The van der Waals surface area contributed by atoms with E-state index in [-0.39, 0.29) is 11.7 Å². The first-order valence-corrected chi connectivity index (χ1v) is 6.38. The van der Waals surface area contributed by atoms with Gasteiger partial charge in [0.25, 0.3) is 0 Å². The summed E-state index contributed by atoms with van der Waals surface area (Å²) in [6.07, 6.45) is -3.53. The fraction of sp³-hybridized carbons (Fsp3) is 0.250. The van der Waals surface area contributed by atoms with Gasteiger partial charge < -0.3 is 5.11 Å². The van der Waals surface area contributed by atoms with Gasteiger partial charge in [-0.15, -0.1) is 0 Å². The van der Waals surface area contributed by atoms with Crippen molar-refractivity contribution in [2.75, 3.05) is 0 Å². The minimum atomic E-state index is -4.31. The Hall–Kier alpha value is -1.97. The quantitative estimate of drug-likeness (QED) is 0.843. The van der Waals surface area contributed by atoms with E-state index in [0.29, 0.717) is 0 Å². The fourth-order valence-corrected chi connectivity index (χ4v) is 2.27. The first-order valence-electron chi connectivity index (χ1n) is 6.38. The second-order valence-corrected chi connectivity index (χ2v) is 4.67. The van der Waals surface area contributed by atoms with E-state index in [1.807, 2.05) is 6.92 Å². The summed E-state index contributed by atoms with van der Waals surface area (Å²) in [5.74, 6) is 0.203. The topological polar surface area (TPSA) is 20.2 Å². The minimum absolute atomic E-state index is 0.0258. The van der Waals surface area contributed by atoms with Crippen molar-refractivity contribution in [1.29, 1.82) is 0 Å². The molecular formula is C16H15F3O. The molecule has 0 aliphatic heterocycles. The van der Waals surface area contributed by atoms with Crippen LogP contribution in [-0.2, 0) is 6.18 Å². The van der Waals surface area contributed by atoms with Crippen LogP contribution in [0.25, 0.3) is 0 Å². The van der Waals surface area contributed by atoms with Gasteiger partial charge in [-0.25, -0.2) is 0 Å². The van der Waals surface area contributed by atoms with E-state index in [0.717, 1.165) is 29.7 Å². The monoisotopic (exact) mass is 280 g/mol. The zero-order valence-electron chi connectivity index (χ0n) is 11.0. The van der Waals surface area contributed by atoms with Gasteiger partial charge in [-0.2, -0.15) is 13.2 Å². The number of hydrogen-bond donors (Lipinski definition) is 1. The molecule has 0 saturated heterocycles. The van der Waals surface area contributed by atoms with E-state index in [1.165, 1.54) is 12.1 Å². The molecular weight excluding hydrogens is 265 g/mol. The second kappa shape index (κ2) is 5.57. The Kier molecular flexibility index (Phi) is 4.02. The molecule has 0 aromatic heterocycles. The Balaban J connectivity index is 2.30. The van der Waals surface area contributed by atoms with Gasteiger partial charge in [0.05, 0.1) is 5.56 Å². The summed E-state index contributed by atoms with van der Waals surface area (Å²) in [5.41, 5.74) is 1.18. The molecule has 2 rings (SSSR count). The maximum absolute atomic E-state index is 12.5. The average molecular weight is 280 g/mol. The maximum Gasteiger partial charge on any atom is 0.416 e. The number of alkyl halides is 3. The Morgan fingerprint density at radius 1 is 0.900 bits per heavy atom. The molecule has 0 heterocycles. The number of halogens is 3. The molecule has 2 aromatic carbocycles. The van der Waals surface area contributed by atoms with E-state index >= 15 is 0 Å². The van der Waals surface area contributed by atoms with Crippen molar-refractivity contribution in [3.05, 3.63) is 65.2 Å². The zero-order chi connectivity index (χ0) is 14.8. The highest BCUT2D eigenvalue weighted by molar-refractivity contribution is 5.37. The van der Waals surface area contributed by atoms with Crippen LogP contribution in [0.4, 0.5) is 13.2 Å². The van der Waals surface area contributed by atoms with Crippen molar-refractivity contribution in [3.63, 3.8) is 0 Å². The molecule has 1 nitrogen and oxygen atoms in total. The Morgan fingerprint density at radius 2 is 1.35 bits per heavy atom. The molecule has 0 saturated carbocycles. The van der Waals surface area contributed by atoms with Gasteiger partial charge in [0, 0.05) is 5.92 Å². The number of rotatable bonds is 3. The summed E-state index contributed by atoms with van der Waals surface area (Å²) in [4.78, 5) is 0. The maximum atomic E-state index is 12.5. The summed E-state index contributed by atoms with van der Waals surface area (Å²) < 4.78 is 37.6. The minimum Gasteiger partial charge on any atom is -0.508 e. The molecule has 0 aliphatic carbocycles. The predicted octanol–water partition coefficient (Wildman–Crippen LogP) is 4.95. The molecule has 0 radical (unpaired) electrons. The van der Waals surface area contributed by atoms with Gasteiger partial charge in [0.1, 0.15) is 5.75 Å². The van der Waals surface area contributed by atoms with Gasteiger partial charge in [0.15, 0.2) is 0 Å². The van der Waals surface area contributed by atoms with Crippen LogP contribution in [0.15, 0.2) is 48.5 Å². The first-order chi connectivity index (χ1) is 9.41. The van der Waals surface area contributed by atoms with Crippen LogP contribution in [0.5, 0.6) is 5.75 Å². The number of phenols is 1. The highest BCUT2D eigenvalue weighted by Gasteiger charge is 2.30. The normalized spacial score (nSPS) is 13.2. The molecule has 2 aromatic rings. The van der Waals surface area contributed by atoms with Gasteiger partial charge in [-0.1, -0.05) is 31.2 Å². The Morgan fingerprint density at radius 3 is 1.75 bits per heavy atom. The van der Waals surface area contributed by atoms with Crippen LogP contribution >= 0.6 is 0 Å². The van der Waals surface area contributed by atoms with Gasteiger partial charge in [-0.05, 0) is 41.8 Å². The fourth-order valence-electron chi connectivity index (χ4n) is 2.27. The Labute approximate surface area is 115 Å². The summed E-state index contributed by atoms with van der Waals surface area (Å²) in [7, 11) is 0. The summed E-state index contributed by atoms with van der Waals surface area (Å²) in [6.45, 7) is 1.98. The summed E-state index contributed by atoms with van der Waals surface area (Å²) in [5, 5.41) is 9.28. The van der Waals surface area contributed by atoms with Crippen molar-refractivity contribution in [1.82, 2.24) is 0 Å². The largest absolute Gasteiger partial charge is 0.508 e. The molecule has 1 atom stereocenters. The molecule has 0 amide bonds. The third-order valence-electron chi connectivity index (χ3n) is 3.34. The summed E-state index contributed by atoms with van der Waals surface area (Å²) >= 11 is 0. The van der Waals surface area contributed by atoms with Gasteiger partial charge in [0.2, 0.25) is 0 Å². The van der Waals surface area contributed by atoms with Gasteiger partial charge >= 0.3 is 6.18 Å². The van der Waals surface area contributed by atoms with E-state index in [2.05, 4.69) is 0 Å². The molecule has 0 spiro atoms. The van der Waals surface area contributed by atoms with E-state index in [9.17, 15) is 18.3 Å². The molecule has 0 aliphatic rings. The van der Waals surface area contributed by atoms with Gasteiger partial charge in [-0.3, -0.25) is 0 Å². The van der Waals surface area contributed by atoms with Crippen LogP contribution in [0.3, 0.4) is 0 Å². The smallest absolute Gasteiger partial charge is 0.416 e. The SMILES string of the molecule is CCC(c1ccc(O)cc1)c1ccc(C(F)(F)F)cc1. The van der Waals surface area contributed by atoms with Crippen LogP contribution < -0.4 is 0 Å². The van der Waals surface area contributed by atoms with Crippen LogP contribution in [-0.4, -0.2) is 5.11 Å². The third kappa shape index (κ3) is 3.13. The van der Waals surface area contributed by atoms with Crippen molar-refractivity contribution in [2.24, 2.45) is 0 Å². The predicted molar refractivity (Wildman–Crippen MR) is 71.7 cm³/mol. The Bertz CT molecular complexity index is 556. The van der Waals surface area contributed by atoms with Crippen LogP contribution in [0, 0.1) is 0 Å². The lowest BCUT2D eigenvalue weighted by molar-refractivity contribution is -0.137. The third-order valence-corrected chi connectivity index (χ3v) is 3.34. The molecule has 0 bridgehead atoms. The lowest BCUT2D eigenvalue weighted by atomic mass is 9.88. The highest BCUT2D eigenvalue weighted by Crippen LogP contribution is 2.33. The molecule has 1 N–H and O–H groups in total. The molecule has 4 heteroatoms. The number of phenolic OH excluding ortho intramolecular Hbond substituents is 1. The summed E-state index contributed by atoms with van der Waals surface area (Å²) in [6, 6.07) is 12.0. The standard InChI is InChI=1S/C16H15F3O/c1-2-15(12-5-9-14(20)10-6-12)11-3-7-13(8-4-11)16(17,18)19/h3-10,15,20H,2H2,1H3. The van der Waals surface area contributed by atoms with E-state index < -0.39 is 11.7 Å². The number of hydrogen-bond acceptors (Lipinski definition) is 1. The van der Waals surface area contributed by atoms with E-state index in [1.54, 1.807) is 24.3 Å². The molecule has 1 unspecified atom stereocenters. The zero-order valence-corrected chi connectivity index (χ0v) is 11.0. The van der Waals surface area contributed by atoms with Crippen LogP contribution in [0.2, 0.25) is 0 Å². The molecule has 106 valence electrons. The second-order valence-electron chi connectivity index (χ2n) is 4.67. The molecule has 0 fully saturated rings. The van der Waals surface area contributed by atoms with E-state index in [4.69, 9.17) is 0 Å².